The van der Waals surface area contributed by atoms with Crippen LogP contribution in [0.2, 0.25) is 0 Å². The van der Waals surface area contributed by atoms with E-state index in [1.54, 1.807) is 0 Å². The fraction of sp³-hybridized carbons (Fsp3) is 0.421. The number of piperazine rings is 1. The molecule has 1 atom stereocenters. The molecule has 16 heteroatoms. The molecule has 2 N–H and O–H groups in total. The Bertz CT molecular complexity index is 1190. The summed E-state index contributed by atoms with van der Waals surface area (Å²) in [5.74, 6) is -0.717. The van der Waals surface area contributed by atoms with Crippen molar-refractivity contribution in [2.24, 2.45) is 7.05 Å². The topological polar surface area (TPSA) is 109 Å². The molecule has 0 saturated carbocycles. The van der Waals surface area contributed by atoms with Crippen molar-refractivity contribution >= 4 is 29.8 Å². The molecule has 10 nitrogen and oxygen atoms in total. The lowest BCUT2D eigenvalue weighted by molar-refractivity contribution is -0.141. The molecular weight excluding hydrogens is 486 g/mol. The lowest BCUT2D eigenvalue weighted by Crippen LogP contribution is -2.53. The van der Waals surface area contributed by atoms with E-state index in [-0.39, 0.29) is 30.1 Å². The summed E-state index contributed by atoms with van der Waals surface area (Å²) >= 11 is 0. The van der Waals surface area contributed by atoms with E-state index in [2.05, 4.69) is 25.8 Å². The van der Waals surface area contributed by atoms with Crippen LogP contribution in [0.4, 0.5) is 37.8 Å². The van der Waals surface area contributed by atoms with Gasteiger partial charge in [0.25, 0.3) is 5.91 Å². The zero-order valence-electron chi connectivity index (χ0n) is 18.2. The second-order valence-corrected chi connectivity index (χ2v) is 7.50. The molecule has 3 aromatic heterocycles. The van der Waals surface area contributed by atoms with Gasteiger partial charge in [-0.15, -0.1) is 0 Å². The molecule has 190 valence electrons. The number of hydrogen-bond acceptors (Lipinski definition) is 7. The monoisotopic (exact) mass is 506 g/mol. The Morgan fingerprint density at radius 3 is 2.63 bits per heavy atom. The fourth-order valence-corrected chi connectivity index (χ4v) is 3.67. The normalized spacial score (nSPS) is 16.7. The third-order valence-corrected chi connectivity index (χ3v) is 5.06. The van der Waals surface area contributed by atoms with Crippen LogP contribution in [0.1, 0.15) is 22.5 Å². The van der Waals surface area contributed by atoms with Gasteiger partial charge in [-0.3, -0.25) is 9.48 Å². The first-order valence-electron chi connectivity index (χ1n) is 10.0. The minimum absolute atomic E-state index is 0.00765. The highest BCUT2D eigenvalue weighted by Crippen LogP contribution is 2.34. The van der Waals surface area contributed by atoms with Gasteiger partial charge < -0.3 is 20.3 Å². The zero-order valence-corrected chi connectivity index (χ0v) is 18.2. The lowest BCUT2D eigenvalue weighted by Gasteiger charge is -2.37. The summed E-state index contributed by atoms with van der Waals surface area (Å²) in [6.45, 7) is 2.79. The van der Waals surface area contributed by atoms with Crippen molar-refractivity contribution in [1.82, 2.24) is 29.7 Å². The van der Waals surface area contributed by atoms with E-state index >= 15 is 0 Å². The molecule has 1 aliphatic heterocycles. The number of nitrogens with one attached hydrogen (secondary N) is 2. The molecule has 35 heavy (non-hydrogen) atoms. The van der Waals surface area contributed by atoms with Gasteiger partial charge in [0.2, 0.25) is 0 Å². The number of aryl methyl sites for hydroxylation is 1. The van der Waals surface area contributed by atoms with Crippen LogP contribution in [0.5, 0.6) is 0 Å². The molecule has 0 aromatic carbocycles. The second kappa shape index (κ2) is 9.89. The summed E-state index contributed by atoms with van der Waals surface area (Å²) in [6, 6.07) is 0.567. The number of aromatic nitrogens is 5. The van der Waals surface area contributed by atoms with E-state index in [1.807, 2.05) is 6.79 Å². The van der Waals surface area contributed by atoms with E-state index < -0.39 is 42.1 Å². The number of carbonyl (C=O) groups is 2. The van der Waals surface area contributed by atoms with E-state index in [1.165, 1.54) is 28.7 Å². The van der Waals surface area contributed by atoms with Gasteiger partial charge in [0.15, 0.2) is 11.3 Å². The molecule has 4 heterocycles. The van der Waals surface area contributed by atoms with Crippen LogP contribution in [0.25, 0.3) is 5.65 Å². The molecule has 0 spiro atoms. The highest BCUT2D eigenvalue weighted by atomic mass is 19.4. The number of alkyl halides is 6. The van der Waals surface area contributed by atoms with Crippen LogP contribution in [-0.4, -0.2) is 68.9 Å². The standard InChI is InChI=1S/C18H18F6N8O.CH2O/c1-30-9-12(14(29-30)18(22,23)24)27-16(33)11-8-26-32-4-2-13(28-15(11)32)31-5-3-25-7-10(31)6-17(19,20)21;1-2/h2,4,8-10,25H,3,5-7H2,1H3,(H,27,33);1H2. The number of nitrogens with zero attached hydrogens (tertiary/aromatic N) is 6. The van der Waals surface area contributed by atoms with Gasteiger partial charge in [-0.1, -0.05) is 0 Å². The number of anilines is 2. The van der Waals surface area contributed by atoms with Crippen molar-refractivity contribution < 1.29 is 35.9 Å². The van der Waals surface area contributed by atoms with Crippen molar-refractivity contribution in [3.63, 3.8) is 0 Å². The Morgan fingerprint density at radius 2 is 1.97 bits per heavy atom. The first-order chi connectivity index (χ1) is 16.4. The quantitative estimate of drug-likeness (QED) is 0.523. The Morgan fingerprint density at radius 1 is 1.26 bits per heavy atom. The number of amides is 1. The Balaban J connectivity index is 0.00000167. The van der Waals surface area contributed by atoms with Gasteiger partial charge >= 0.3 is 12.4 Å². The molecule has 0 radical (unpaired) electrons. The van der Waals surface area contributed by atoms with E-state index in [9.17, 15) is 31.1 Å². The van der Waals surface area contributed by atoms with E-state index in [0.717, 1.165) is 17.1 Å². The predicted molar refractivity (Wildman–Crippen MR) is 111 cm³/mol. The molecule has 1 unspecified atom stereocenters. The van der Waals surface area contributed by atoms with Crippen LogP contribution >= 0.6 is 0 Å². The van der Waals surface area contributed by atoms with Gasteiger partial charge in [0.1, 0.15) is 18.2 Å². The molecule has 1 aliphatic rings. The maximum atomic E-state index is 13.2. The van der Waals surface area contributed by atoms with E-state index in [0.29, 0.717) is 6.54 Å². The Hall–Kier alpha value is -3.69. The van der Waals surface area contributed by atoms with Crippen LogP contribution in [0, 0.1) is 0 Å². The SMILES string of the molecule is C=O.Cn1cc(NC(=O)c2cnn3ccc(N4CCNCC4CC(F)(F)F)nc23)c(C(F)(F)F)n1. The fourth-order valence-electron chi connectivity index (χ4n) is 3.67. The maximum absolute atomic E-state index is 13.2. The first kappa shape index (κ1) is 25.9. The average Bonchev–Trinajstić information content (AvgIpc) is 3.37. The van der Waals surface area contributed by atoms with Crippen LogP contribution < -0.4 is 15.5 Å². The second-order valence-electron chi connectivity index (χ2n) is 7.50. The number of carbonyl (C=O) groups excluding carboxylic acids is 2. The van der Waals surface area contributed by atoms with Crippen LogP contribution in [0.15, 0.2) is 24.7 Å². The van der Waals surface area contributed by atoms with Crippen LogP contribution in [0.3, 0.4) is 0 Å². The summed E-state index contributed by atoms with van der Waals surface area (Å²) in [6.07, 6.45) is -6.67. The number of hydrogen-bond donors (Lipinski definition) is 2. The number of rotatable bonds is 4. The average molecular weight is 506 g/mol. The Kier molecular flexibility index (Phi) is 7.33. The highest BCUT2D eigenvalue weighted by molar-refractivity contribution is 6.08. The van der Waals surface area contributed by atoms with Gasteiger partial charge in [-0.2, -0.15) is 36.5 Å². The predicted octanol–water partition coefficient (Wildman–Crippen LogP) is 2.28. The van der Waals surface area contributed by atoms with Crippen molar-refractivity contribution in [3.8, 4) is 0 Å². The lowest BCUT2D eigenvalue weighted by atomic mass is 10.1. The minimum atomic E-state index is -4.79. The molecule has 0 bridgehead atoms. The van der Waals surface area contributed by atoms with Crippen LogP contribution in [-0.2, 0) is 18.0 Å². The summed E-state index contributed by atoms with van der Waals surface area (Å²) in [5, 5.41) is 12.4. The zero-order chi connectivity index (χ0) is 26.0. The minimum Gasteiger partial charge on any atom is -0.351 e. The van der Waals surface area contributed by atoms with Gasteiger partial charge in [0.05, 0.1) is 24.3 Å². The van der Waals surface area contributed by atoms with Crippen molar-refractivity contribution in [1.29, 1.82) is 0 Å². The molecule has 3 aromatic rings. The van der Waals surface area contributed by atoms with Crippen molar-refractivity contribution in [3.05, 3.63) is 35.9 Å². The smallest absolute Gasteiger partial charge is 0.351 e. The van der Waals surface area contributed by atoms with Gasteiger partial charge in [-0.25, -0.2) is 9.50 Å². The summed E-state index contributed by atoms with van der Waals surface area (Å²) in [5.41, 5.74) is -1.96. The molecule has 1 fully saturated rings. The first-order valence-corrected chi connectivity index (χ1v) is 10.0. The summed E-state index contributed by atoms with van der Waals surface area (Å²) in [7, 11) is 1.28. The highest BCUT2D eigenvalue weighted by Gasteiger charge is 2.38. The number of fused-ring (bicyclic) bond motifs is 1. The molecule has 1 amide bonds. The molecule has 1 saturated heterocycles. The van der Waals surface area contributed by atoms with E-state index in [4.69, 9.17) is 4.79 Å². The third kappa shape index (κ3) is 5.87. The molecule has 4 rings (SSSR count). The summed E-state index contributed by atoms with van der Waals surface area (Å²) in [4.78, 5) is 26.5. The Labute approximate surface area is 193 Å². The van der Waals surface area contributed by atoms with Crippen molar-refractivity contribution in [2.45, 2.75) is 24.8 Å². The third-order valence-electron chi connectivity index (χ3n) is 5.06. The maximum Gasteiger partial charge on any atom is 0.437 e. The largest absolute Gasteiger partial charge is 0.437 e. The van der Waals surface area contributed by atoms with Gasteiger partial charge in [-0.05, 0) is 6.07 Å². The molecule has 0 aliphatic carbocycles. The van der Waals surface area contributed by atoms with Gasteiger partial charge in [0, 0.05) is 39.1 Å². The van der Waals surface area contributed by atoms with Crippen molar-refractivity contribution in [2.75, 3.05) is 29.9 Å². The number of halogens is 6. The molecular formula is C19H20F6N8O2. The summed E-state index contributed by atoms with van der Waals surface area (Å²) < 4.78 is 80.6.